The summed E-state index contributed by atoms with van der Waals surface area (Å²) in [6.07, 6.45) is 2.01. The number of amides is 1. The summed E-state index contributed by atoms with van der Waals surface area (Å²) >= 11 is 1.45. The zero-order chi connectivity index (χ0) is 17.9. The van der Waals surface area contributed by atoms with Gasteiger partial charge in [0.05, 0.1) is 25.3 Å². The third kappa shape index (κ3) is 3.65. The van der Waals surface area contributed by atoms with E-state index in [4.69, 9.17) is 4.74 Å². The van der Waals surface area contributed by atoms with E-state index in [-0.39, 0.29) is 11.8 Å². The van der Waals surface area contributed by atoms with Crippen molar-refractivity contribution in [2.45, 2.75) is 25.3 Å². The number of carbonyl (C=O) groups excluding carboxylic acids is 1. The van der Waals surface area contributed by atoms with Crippen LogP contribution in [0.2, 0.25) is 0 Å². The van der Waals surface area contributed by atoms with Crippen LogP contribution in [0.5, 0.6) is 0 Å². The van der Waals surface area contributed by atoms with Crippen LogP contribution < -0.4 is 0 Å². The molecule has 0 N–H and O–H groups in total. The summed E-state index contributed by atoms with van der Waals surface area (Å²) in [7, 11) is 2.03. The topological polar surface area (TPSA) is 76.4 Å². The number of piperidine rings is 1. The highest BCUT2D eigenvalue weighted by molar-refractivity contribution is 7.07. The first kappa shape index (κ1) is 17.6. The van der Waals surface area contributed by atoms with Crippen LogP contribution in [0.1, 0.15) is 40.9 Å². The van der Waals surface area contributed by atoms with Crippen LogP contribution in [0.25, 0.3) is 0 Å². The molecule has 26 heavy (non-hydrogen) atoms. The Hall–Kier alpha value is -1.84. The van der Waals surface area contributed by atoms with Gasteiger partial charge in [0.25, 0.3) is 5.91 Å². The smallest absolute Gasteiger partial charge is 0.273 e. The van der Waals surface area contributed by atoms with Gasteiger partial charge in [-0.15, -0.1) is 21.5 Å². The van der Waals surface area contributed by atoms with Crippen molar-refractivity contribution in [2.75, 3.05) is 39.4 Å². The van der Waals surface area contributed by atoms with Crippen LogP contribution >= 0.6 is 11.3 Å². The van der Waals surface area contributed by atoms with Gasteiger partial charge in [0.2, 0.25) is 0 Å². The Morgan fingerprint density at radius 2 is 2.15 bits per heavy atom. The number of rotatable bonds is 4. The number of aromatic nitrogens is 4. The summed E-state index contributed by atoms with van der Waals surface area (Å²) in [6.45, 7) is 5.68. The molecule has 2 aliphatic rings. The highest BCUT2D eigenvalue weighted by Crippen LogP contribution is 2.27. The number of carbonyl (C=O) groups is 1. The van der Waals surface area contributed by atoms with E-state index in [1.54, 1.807) is 5.51 Å². The van der Waals surface area contributed by atoms with Gasteiger partial charge in [0.15, 0.2) is 0 Å². The second-order valence-corrected chi connectivity index (χ2v) is 7.60. The van der Waals surface area contributed by atoms with Gasteiger partial charge in [-0.3, -0.25) is 9.69 Å². The van der Waals surface area contributed by atoms with Gasteiger partial charge in [0.1, 0.15) is 17.3 Å². The number of nitrogens with zero attached hydrogens (tertiary/aromatic N) is 6. The fourth-order valence-electron chi connectivity index (χ4n) is 3.68. The van der Waals surface area contributed by atoms with Crippen LogP contribution in [0.15, 0.2) is 10.9 Å². The van der Waals surface area contributed by atoms with E-state index < -0.39 is 0 Å². The van der Waals surface area contributed by atoms with Gasteiger partial charge in [-0.25, -0.2) is 4.98 Å². The van der Waals surface area contributed by atoms with Gasteiger partial charge in [0, 0.05) is 44.5 Å². The van der Waals surface area contributed by atoms with E-state index in [0.29, 0.717) is 12.2 Å². The number of likely N-dealkylation sites (tertiary alicyclic amines) is 1. The summed E-state index contributed by atoms with van der Waals surface area (Å²) in [5.41, 5.74) is 2.25. The zero-order valence-corrected chi connectivity index (χ0v) is 15.8. The molecule has 2 aromatic rings. The number of hydrogen-bond donors (Lipinski definition) is 0. The van der Waals surface area contributed by atoms with Crippen molar-refractivity contribution in [3.8, 4) is 0 Å². The second-order valence-electron chi connectivity index (χ2n) is 6.89. The normalized spacial score (nSPS) is 21.9. The maximum Gasteiger partial charge on any atom is 0.273 e. The maximum atomic E-state index is 12.6. The molecule has 0 spiro atoms. The Kier molecular flexibility index (Phi) is 5.28. The number of thiazole rings is 1. The van der Waals surface area contributed by atoms with E-state index >= 15 is 0 Å². The molecule has 2 fully saturated rings. The third-order valence-corrected chi connectivity index (χ3v) is 5.78. The standard InChI is InChI=1S/C17H24N6O2S/c1-21-15(10-22-5-7-25-8-6-22)19-20-16(21)13-3-2-4-23(9-13)17(24)14-11-26-12-18-14/h11-13H,2-10H2,1H3/t13-/m1/s1. The molecule has 2 aromatic heterocycles. The summed E-state index contributed by atoms with van der Waals surface area (Å²) < 4.78 is 7.51. The van der Waals surface area contributed by atoms with Crippen molar-refractivity contribution in [2.24, 2.45) is 7.05 Å². The molecule has 2 aliphatic heterocycles. The summed E-state index contributed by atoms with van der Waals surface area (Å²) in [5, 5.41) is 10.7. The molecule has 8 nitrogen and oxygen atoms in total. The van der Waals surface area contributed by atoms with Crippen molar-refractivity contribution >= 4 is 17.2 Å². The molecule has 2 saturated heterocycles. The fourth-order valence-corrected chi connectivity index (χ4v) is 4.21. The molecule has 0 unspecified atom stereocenters. The third-order valence-electron chi connectivity index (χ3n) is 5.19. The SMILES string of the molecule is Cn1c(CN2CCOCC2)nnc1[C@@H]1CCCN(C(=O)c2cscn2)C1. The van der Waals surface area contributed by atoms with Crippen LogP contribution in [-0.4, -0.2) is 74.8 Å². The van der Waals surface area contributed by atoms with Crippen LogP contribution in [0.3, 0.4) is 0 Å². The molecule has 0 radical (unpaired) electrons. The molecular formula is C17H24N6O2S. The Morgan fingerprint density at radius 3 is 2.92 bits per heavy atom. The second kappa shape index (κ2) is 7.81. The number of morpholine rings is 1. The van der Waals surface area contributed by atoms with Gasteiger partial charge < -0.3 is 14.2 Å². The lowest BCUT2D eigenvalue weighted by atomic mass is 9.97. The fraction of sp³-hybridized carbons (Fsp3) is 0.647. The largest absolute Gasteiger partial charge is 0.379 e. The van der Waals surface area contributed by atoms with Gasteiger partial charge in [-0.2, -0.15) is 0 Å². The average Bonchev–Trinajstić information content (AvgIpc) is 3.33. The maximum absolute atomic E-state index is 12.6. The number of hydrogen-bond acceptors (Lipinski definition) is 7. The van der Waals surface area contributed by atoms with E-state index in [1.807, 2.05) is 17.3 Å². The van der Waals surface area contributed by atoms with Crippen molar-refractivity contribution in [1.82, 2.24) is 29.5 Å². The zero-order valence-electron chi connectivity index (χ0n) is 15.0. The van der Waals surface area contributed by atoms with Crippen LogP contribution in [0.4, 0.5) is 0 Å². The predicted molar refractivity (Wildman–Crippen MR) is 97.1 cm³/mol. The molecule has 9 heteroatoms. The van der Waals surface area contributed by atoms with E-state index in [2.05, 4.69) is 24.6 Å². The molecule has 140 valence electrons. The monoisotopic (exact) mass is 376 g/mol. The lowest BCUT2D eigenvalue weighted by Crippen LogP contribution is -2.40. The van der Waals surface area contributed by atoms with Gasteiger partial charge in [-0.1, -0.05) is 0 Å². The molecule has 0 bridgehead atoms. The van der Waals surface area contributed by atoms with Crippen LogP contribution in [-0.2, 0) is 18.3 Å². The minimum atomic E-state index is 0.0201. The Balaban J connectivity index is 1.44. The van der Waals surface area contributed by atoms with Crippen LogP contribution in [0, 0.1) is 0 Å². The molecule has 1 atom stereocenters. The predicted octanol–water partition coefficient (Wildman–Crippen LogP) is 1.12. The Bertz CT molecular complexity index is 741. The molecular weight excluding hydrogens is 352 g/mol. The van der Waals surface area contributed by atoms with E-state index in [0.717, 1.165) is 63.9 Å². The van der Waals surface area contributed by atoms with E-state index in [9.17, 15) is 4.79 Å². The molecule has 4 rings (SSSR count). The van der Waals surface area contributed by atoms with Gasteiger partial charge >= 0.3 is 0 Å². The van der Waals surface area contributed by atoms with E-state index in [1.165, 1.54) is 11.3 Å². The summed E-state index contributed by atoms with van der Waals surface area (Å²) in [6, 6.07) is 0. The molecule has 1 amide bonds. The lowest BCUT2D eigenvalue weighted by Gasteiger charge is -2.32. The van der Waals surface area contributed by atoms with Gasteiger partial charge in [-0.05, 0) is 12.8 Å². The Labute approximate surface area is 156 Å². The highest BCUT2D eigenvalue weighted by Gasteiger charge is 2.29. The van der Waals surface area contributed by atoms with Crippen molar-refractivity contribution in [1.29, 1.82) is 0 Å². The lowest BCUT2D eigenvalue weighted by molar-refractivity contribution is 0.0326. The number of ether oxygens (including phenoxy) is 1. The minimum absolute atomic E-state index is 0.0201. The quantitative estimate of drug-likeness (QED) is 0.796. The first-order valence-corrected chi connectivity index (χ1v) is 10.0. The van der Waals surface area contributed by atoms with Crippen molar-refractivity contribution in [3.05, 3.63) is 28.2 Å². The summed E-state index contributed by atoms with van der Waals surface area (Å²) in [5.74, 6) is 2.20. The molecule has 4 heterocycles. The first-order valence-electron chi connectivity index (χ1n) is 9.08. The van der Waals surface area contributed by atoms with Crippen molar-refractivity contribution in [3.63, 3.8) is 0 Å². The Morgan fingerprint density at radius 1 is 1.31 bits per heavy atom. The molecule has 0 aliphatic carbocycles. The average molecular weight is 376 g/mol. The van der Waals surface area contributed by atoms with Crippen molar-refractivity contribution < 1.29 is 9.53 Å². The first-order chi connectivity index (χ1) is 12.7. The summed E-state index contributed by atoms with van der Waals surface area (Å²) in [4.78, 5) is 21.0. The minimum Gasteiger partial charge on any atom is -0.379 e. The molecule has 0 saturated carbocycles. The highest BCUT2D eigenvalue weighted by atomic mass is 32.1. The molecule has 0 aromatic carbocycles.